The number of carbonyl (C=O) groups excluding carboxylic acids is 2. The van der Waals surface area contributed by atoms with Crippen LogP contribution in [0.2, 0.25) is 0 Å². The van der Waals surface area contributed by atoms with Gasteiger partial charge in [-0.25, -0.2) is 4.79 Å². The average molecular weight is 324 g/mol. The minimum atomic E-state index is -0.454. The number of benzene rings is 2. The smallest absolute Gasteiger partial charge is 0.193 e. The third-order valence-electron chi connectivity index (χ3n) is 3.37. The van der Waals surface area contributed by atoms with E-state index in [4.69, 9.17) is 4.74 Å². The molecule has 2 N–H and O–H groups in total. The molecule has 0 saturated carbocycles. The Labute approximate surface area is 139 Å². The summed E-state index contributed by atoms with van der Waals surface area (Å²) in [6, 6.07) is 10.9. The molecule has 5 heteroatoms. The van der Waals surface area contributed by atoms with Crippen LogP contribution in [0.4, 0.5) is 0 Å². The monoisotopic (exact) mass is 324 g/mol. The van der Waals surface area contributed by atoms with Gasteiger partial charge in [0.25, 0.3) is 0 Å². The SMILES string of the molecule is COc1cc(CC(=C=O)C(=O)/C=C/c2ccc(O)cc2)ccc1O. The highest BCUT2D eigenvalue weighted by atomic mass is 16.5. The van der Waals surface area contributed by atoms with Crippen LogP contribution in [0.1, 0.15) is 11.1 Å². The molecule has 0 amide bonds. The third-order valence-corrected chi connectivity index (χ3v) is 3.37. The van der Waals surface area contributed by atoms with Crippen molar-refractivity contribution in [3.8, 4) is 17.2 Å². The van der Waals surface area contributed by atoms with Crippen molar-refractivity contribution in [2.75, 3.05) is 7.11 Å². The van der Waals surface area contributed by atoms with E-state index in [1.54, 1.807) is 36.3 Å². The van der Waals surface area contributed by atoms with Gasteiger partial charge in [0.2, 0.25) is 0 Å². The zero-order valence-corrected chi connectivity index (χ0v) is 13.0. The first-order chi connectivity index (χ1) is 11.5. The largest absolute Gasteiger partial charge is 0.508 e. The normalized spacial score (nSPS) is 10.4. The summed E-state index contributed by atoms with van der Waals surface area (Å²) in [6.07, 6.45) is 2.92. The van der Waals surface area contributed by atoms with Crippen molar-refractivity contribution in [2.24, 2.45) is 0 Å². The second-order valence-corrected chi connectivity index (χ2v) is 5.05. The molecule has 0 fully saturated rings. The van der Waals surface area contributed by atoms with Gasteiger partial charge in [0, 0.05) is 6.42 Å². The number of ketones is 1. The Hall–Kier alpha value is -3.30. The molecule has 2 aromatic carbocycles. The number of aromatic hydroxyl groups is 2. The van der Waals surface area contributed by atoms with Crippen LogP contribution in [-0.2, 0) is 16.0 Å². The summed E-state index contributed by atoms with van der Waals surface area (Å²) in [4.78, 5) is 23.2. The van der Waals surface area contributed by atoms with Gasteiger partial charge in [-0.1, -0.05) is 24.3 Å². The van der Waals surface area contributed by atoms with E-state index in [9.17, 15) is 19.8 Å². The summed E-state index contributed by atoms with van der Waals surface area (Å²) in [5, 5.41) is 18.8. The molecule has 2 aromatic rings. The van der Waals surface area contributed by atoms with Crippen LogP contribution < -0.4 is 4.74 Å². The van der Waals surface area contributed by atoms with Gasteiger partial charge in [-0.15, -0.1) is 0 Å². The molecule has 0 spiro atoms. The Balaban J connectivity index is 2.12. The van der Waals surface area contributed by atoms with Gasteiger partial charge in [-0.3, -0.25) is 4.79 Å². The Bertz CT molecular complexity index is 812. The Morgan fingerprint density at radius 2 is 1.88 bits per heavy atom. The van der Waals surface area contributed by atoms with E-state index in [0.29, 0.717) is 5.56 Å². The fourth-order valence-electron chi connectivity index (χ4n) is 2.07. The summed E-state index contributed by atoms with van der Waals surface area (Å²) < 4.78 is 5.00. The molecule has 0 aromatic heterocycles. The summed E-state index contributed by atoms with van der Waals surface area (Å²) in [6.45, 7) is 0. The predicted molar refractivity (Wildman–Crippen MR) is 89.7 cm³/mol. The summed E-state index contributed by atoms with van der Waals surface area (Å²) in [7, 11) is 1.42. The second-order valence-electron chi connectivity index (χ2n) is 5.05. The van der Waals surface area contributed by atoms with Crippen molar-refractivity contribution in [2.45, 2.75) is 6.42 Å². The van der Waals surface area contributed by atoms with E-state index in [0.717, 1.165) is 5.56 Å². The number of hydrogen-bond acceptors (Lipinski definition) is 5. The van der Waals surface area contributed by atoms with Gasteiger partial charge in [0.15, 0.2) is 17.3 Å². The van der Waals surface area contributed by atoms with Crippen molar-refractivity contribution in [3.63, 3.8) is 0 Å². The van der Waals surface area contributed by atoms with E-state index in [-0.39, 0.29) is 29.2 Å². The highest BCUT2D eigenvalue weighted by molar-refractivity contribution is 6.11. The molecular formula is C19H16O5. The maximum absolute atomic E-state index is 12.1. The lowest BCUT2D eigenvalue weighted by molar-refractivity contribution is -0.111. The number of carbonyl (C=O) groups is 1. The molecule has 0 saturated heterocycles. The molecule has 24 heavy (non-hydrogen) atoms. The lowest BCUT2D eigenvalue weighted by atomic mass is 10.0. The van der Waals surface area contributed by atoms with Crippen molar-refractivity contribution < 1.29 is 24.5 Å². The van der Waals surface area contributed by atoms with Crippen LogP contribution in [0, 0.1) is 0 Å². The van der Waals surface area contributed by atoms with Crippen LogP contribution in [-0.4, -0.2) is 29.0 Å². The summed E-state index contributed by atoms with van der Waals surface area (Å²) >= 11 is 0. The van der Waals surface area contributed by atoms with Crippen LogP contribution in [0.3, 0.4) is 0 Å². The maximum atomic E-state index is 12.1. The second kappa shape index (κ2) is 7.81. The minimum Gasteiger partial charge on any atom is -0.508 e. The first kappa shape index (κ1) is 17.1. The van der Waals surface area contributed by atoms with Crippen molar-refractivity contribution in [1.29, 1.82) is 0 Å². The van der Waals surface area contributed by atoms with Crippen molar-refractivity contribution >= 4 is 17.8 Å². The minimum absolute atomic E-state index is 0.0172. The van der Waals surface area contributed by atoms with Gasteiger partial charge in [-0.2, -0.15) is 0 Å². The van der Waals surface area contributed by atoms with Gasteiger partial charge in [0.1, 0.15) is 11.7 Å². The molecule has 2 rings (SSSR count). The zero-order valence-electron chi connectivity index (χ0n) is 13.0. The molecule has 0 heterocycles. The lowest BCUT2D eigenvalue weighted by Crippen LogP contribution is -2.03. The van der Waals surface area contributed by atoms with Gasteiger partial charge < -0.3 is 14.9 Å². The standard InChI is InChI=1S/C19H16O5/c1-24-19-11-14(5-9-18(19)23)10-15(12-20)17(22)8-4-13-2-6-16(21)7-3-13/h2-9,11,21,23H,10H2,1H3/b8-4+. The fraction of sp³-hybridized carbons (Fsp3) is 0.105. The molecule has 5 nitrogen and oxygen atoms in total. The molecule has 122 valence electrons. The van der Waals surface area contributed by atoms with E-state index < -0.39 is 5.78 Å². The highest BCUT2D eigenvalue weighted by Gasteiger charge is 2.11. The Morgan fingerprint density at radius 1 is 1.17 bits per heavy atom. The molecule has 0 aliphatic carbocycles. The first-order valence-corrected chi connectivity index (χ1v) is 7.15. The number of phenolic OH excluding ortho intramolecular Hbond substituents is 2. The third kappa shape index (κ3) is 4.35. The number of hydrogen-bond donors (Lipinski definition) is 2. The van der Waals surface area contributed by atoms with Gasteiger partial charge in [0.05, 0.1) is 12.7 Å². The molecule has 0 unspecified atom stereocenters. The predicted octanol–water partition coefficient (Wildman–Crippen LogP) is 2.69. The fourth-order valence-corrected chi connectivity index (χ4v) is 2.07. The van der Waals surface area contributed by atoms with Crippen molar-refractivity contribution in [3.05, 3.63) is 65.2 Å². The summed E-state index contributed by atoms with van der Waals surface area (Å²) in [5.41, 5.74) is 1.34. The number of ether oxygens (including phenoxy) is 1. The number of allylic oxidation sites excluding steroid dienone is 2. The Morgan fingerprint density at radius 3 is 2.50 bits per heavy atom. The molecule has 0 bridgehead atoms. The molecule has 0 aliphatic heterocycles. The highest BCUT2D eigenvalue weighted by Crippen LogP contribution is 2.27. The quantitative estimate of drug-likeness (QED) is 0.630. The topological polar surface area (TPSA) is 83.8 Å². The Kier molecular flexibility index (Phi) is 5.55. The van der Waals surface area contributed by atoms with E-state index in [2.05, 4.69) is 0 Å². The van der Waals surface area contributed by atoms with E-state index in [1.807, 2.05) is 0 Å². The van der Waals surface area contributed by atoms with E-state index >= 15 is 0 Å². The number of methoxy groups -OCH3 is 1. The average Bonchev–Trinajstić information content (AvgIpc) is 2.60. The van der Waals surface area contributed by atoms with Gasteiger partial charge >= 0.3 is 0 Å². The van der Waals surface area contributed by atoms with E-state index in [1.165, 1.54) is 31.4 Å². The lowest BCUT2D eigenvalue weighted by Gasteiger charge is -2.06. The molecule has 0 aliphatic rings. The molecule has 0 radical (unpaired) electrons. The first-order valence-electron chi connectivity index (χ1n) is 7.15. The number of phenols is 2. The van der Waals surface area contributed by atoms with Crippen LogP contribution in [0.15, 0.2) is 54.1 Å². The van der Waals surface area contributed by atoms with Gasteiger partial charge in [-0.05, 0) is 41.5 Å². The maximum Gasteiger partial charge on any atom is 0.193 e. The van der Waals surface area contributed by atoms with Crippen molar-refractivity contribution in [1.82, 2.24) is 0 Å². The molecular weight excluding hydrogens is 308 g/mol. The zero-order chi connectivity index (χ0) is 17.5. The van der Waals surface area contributed by atoms with Crippen LogP contribution in [0.5, 0.6) is 17.2 Å². The van der Waals surface area contributed by atoms with Crippen LogP contribution >= 0.6 is 0 Å². The molecule has 0 atom stereocenters. The summed E-state index contributed by atoms with van der Waals surface area (Å²) in [5.74, 6) is 1.60. The number of rotatable bonds is 6. The van der Waals surface area contributed by atoms with Crippen LogP contribution in [0.25, 0.3) is 6.08 Å².